The normalized spacial score (nSPS) is 13.5. The first-order chi connectivity index (χ1) is 9.78. The van der Waals surface area contributed by atoms with Gasteiger partial charge in [0.2, 0.25) is 10.0 Å². The van der Waals surface area contributed by atoms with Gasteiger partial charge in [0.25, 0.3) is 0 Å². The number of hydrogen-bond acceptors (Lipinski definition) is 5. The van der Waals surface area contributed by atoms with Crippen molar-refractivity contribution in [3.8, 4) is 0 Å². The Morgan fingerprint density at radius 2 is 1.90 bits per heavy atom. The van der Waals surface area contributed by atoms with E-state index in [-0.39, 0.29) is 11.8 Å². The molecule has 1 aromatic rings. The number of nitrogens with zero attached hydrogens (tertiary/aromatic N) is 1. The van der Waals surface area contributed by atoms with E-state index in [1.807, 2.05) is 50.2 Å². The minimum atomic E-state index is -3.22. The zero-order valence-corrected chi connectivity index (χ0v) is 14.5. The van der Waals surface area contributed by atoms with Gasteiger partial charge in [-0.1, -0.05) is 0 Å². The largest absolute Gasteiger partial charge is 0.399 e. The van der Waals surface area contributed by atoms with Crippen LogP contribution in [0.2, 0.25) is 0 Å². The summed E-state index contributed by atoms with van der Waals surface area (Å²) in [5.74, 6) is 0.647. The summed E-state index contributed by atoms with van der Waals surface area (Å²) in [6.45, 7) is 2.76. The van der Waals surface area contributed by atoms with Crippen molar-refractivity contribution in [2.45, 2.75) is 24.3 Å². The van der Waals surface area contributed by atoms with Gasteiger partial charge in [-0.05, 0) is 58.3 Å². The predicted octanol–water partition coefficient (Wildman–Crippen LogP) is 1.62. The summed E-state index contributed by atoms with van der Waals surface area (Å²) >= 11 is 1.52. The number of sulfonamides is 1. The van der Waals surface area contributed by atoms with E-state index in [0.717, 1.165) is 17.9 Å². The molecule has 0 heterocycles. The molecule has 1 unspecified atom stereocenters. The number of hydrogen-bond donors (Lipinski definition) is 2. The maximum absolute atomic E-state index is 12.0. The molecule has 0 saturated carbocycles. The highest BCUT2D eigenvalue weighted by molar-refractivity contribution is 8.00. The summed E-state index contributed by atoms with van der Waals surface area (Å²) in [5, 5.41) is 0. The molecular formula is C14H25N3O2S2. The Kier molecular flexibility index (Phi) is 7.51. The van der Waals surface area contributed by atoms with Crippen molar-refractivity contribution < 1.29 is 8.42 Å². The third-order valence-electron chi connectivity index (χ3n) is 2.89. The maximum Gasteiger partial charge on any atom is 0.212 e. The van der Waals surface area contributed by atoms with Crippen molar-refractivity contribution in [2.75, 3.05) is 37.9 Å². The molecule has 0 aliphatic heterocycles. The van der Waals surface area contributed by atoms with E-state index in [2.05, 4.69) is 4.72 Å². The monoisotopic (exact) mass is 331 g/mol. The smallest absolute Gasteiger partial charge is 0.212 e. The number of thioether (sulfide) groups is 1. The minimum Gasteiger partial charge on any atom is -0.399 e. The third kappa shape index (κ3) is 8.31. The van der Waals surface area contributed by atoms with E-state index >= 15 is 0 Å². The van der Waals surface area contributed by atoms with Gasteiger partial charge in [0.05, 0.1) is 5.75 Å². The molecule has 0 spiro atoms. The Morgan fingerprint density at radius 1 is 1.29 bits per heavy atom. The lowest BCUT2D eigenvalue weighted by Gasteiger charge is -2.16. The van der Waals surface area contributed by atoms with Crippen LogP contribution in [-0.2, 0) is 10.0 Å². The van der Waals surface area contributed by atoms with Crippen LogP contribution in [0.4, 0.5) is 5.69 Å². The number of nitrogens with one attached hydrogen (secondary N) is 1. The van der Waals surface area contributed by atoms with Crippen LogP contribution in [0.5, 0.6) is 0 Å². The quantitative estimate of drug-likeness (QED) is 0.531. The van der Waals surface area contributed by atoms with Crippen molar-refractivity contribution in [3.05, 3.63) is 24.3 Å². The van der Waals surface area contributed by atoms with Gasteiger partial charge in [0.15, 0.2) is 0 Å². The lowest BCUT2D eigenvalue weighted by Crippen LogP contribution is -2.36. The highest BCUT2D eigenvalue weighted by atomic mass is 32.2. The number of nitrogens with two attached hydrogens (primary N) is 1. The van der Waals surface area contributed by atoms with Crippen LogP contribution in [0.3, 0.4) is 0 Å². The molecule has 3 N–H and O–H groups in total. The molecule has 1 atom stereocenters. The molecule has 120 valence electrons. The molecule has 0 aliphatic rings. The fourth-order valence-electron chi connectivity index (χ4n) is 1.71. The molecular weight excluding hydrogens is 306 g/mol. The van der Waals surface area contributed by atoms with E-state index in [0.29, 0.717) is 11.4 Å². The molecule has 0 fully saturated rings. The van der Waals surface area contributed by atoms with Gasteiger partial charge in [-0.25, -0.2) is 13.1 Å². The van der Waals surface area contributed by atoms with Gasteiger partial charge >= 0.3 is 0 Å². The van der Waals surface area contributed by atoms with Gasteiger partial charge in [0.1, 0.15) is 0 Å². The highest BCUT2D eigenvalue weighted by Gasteiger charge is 2.14. The number of anilines is 1. The molecule has 1 aromatic carbocycles. The Balaban J connectivity index is 2.33. The molecule has 0 saturated heterocycles. The van der Waals surface area contributed by atoms with E-state index < -0.39 is 10.0 Å². The summed E-state index contributed by atoms with van der Waals surface area (Å²) in [5.41, 5.74) is 6.32. The second-order valence-corrected chi connectivity index (χ2v) is 8.39. The van der Waals surface area contributed by atoms with Crippen molar-refractivity contribution in [1.82, 2.24) is 9.62 Å². The molecule has 7 heteroatoms. The second kappa shape index (κ2) is 8.63. The van der Waals surface area contributed by atoms with E-state index in [1.54, 1.807) is 0 Å². The zero-order chi connectivity index (χ0) is 15.9. The van der Waals surface area contributed by atoms with Gasteiger partial charge in [-0.3, -0.25) is 0 Å². The summed E-state index contributed by atoms with van der Waals surface area (Å²) in [6, 6.07) is 7.40. The first kappa shape index (κ1) is 18.3. The average Bonchev–Trinajstić information content (AvgIpc) is 2.38. The van der Waals surface area contributed by atoms with Crippen LogP contribution >= 0.6 is 11.8 Å². The van der Waals surface area contributed by atoms with Crippen LogP contribution in [0.25, 0.3) is 0 Å². The summed E-state index contributed by atoms with van der Waals surface area (Å²) < 4.78 is 26.7. The SMILES string of the molecule is CC(CCN(C)C)NS(=O)(=O)CCSc1ccc(N)cc1. The first-order valence-electron chi connectivity index (χ1n) is 6.91. The molecule has 0 amide bonds. The maximum atomic E-state index is 12.0. The Morgan fingerprint density at radius 3 is 2.48 bits per heavy atom. The number of benzene rings is 1. The van der Waals surface area contributed by atoms with Crippen LogP contribution < -0.4 is 10.5 Å². The predicted molar refractivity (Wildman–Crippen MR) is 91.1 cm³/mol. The van der Waals surface area contributed by atoms with Crippen LogP contribution in [0, 0.1) is 0 Å². The van der Waals surface area contributed by atoms with E-state index in [9.17, 15) is 8.42 Å². The van der Waals surface area contributed by atoms with Gasteiger partial charge in [-0.15, -0.1) is 11.8 Å². The van der Waals surface area contributed by atoms with Crippen LogP contribution in [-0.4, -0.2) is 51.5 Å². The standard InChI is InChI=1S/C14H25N3O2S2/c1-12(8-9-17(2)3)16-21(18,19)11-10-20-14-6-4-13(15)5-7-14/h4-7,12,16H,8-11,15H2,1-3H3. The fraction of sp³-hybridized carbons (Fsp3) is 0.571. The van der Waals surface area contributed by atoms with Gasteiger partial charge in [0, 0.05) is 22.4 Å². The summed E-state index contributed by atoms with van der Waals surface area (Å²) in [6.07, 6.45) is 0.803. The van der Waals surface area contributed by atoms with Crippen LogP contribution in [0.15, 0.2) is 29.2 Å². The zero-order valence-electron chi connectivity index (χ0n) is 12.9. The third-order valence-corrected chi connectivity index (χ3v) is 5.67. The molecule has 0 aliphatic carbocycles. The van der Waals surface area contributed by atoms with Crippen molar-refractivity contribution in [1.29, 1.82) is 0 Å². The van der Waals surface area contributed by atoms with Gasteiger partial charge in [-0.2, -0.15) is 0 Å². The molecule has 21 heavy (non-hydrogen) atoms. The number of nitrogen functional groups attached to an aromatic ring is 1. The Bertz CT molecular complexity index is 516. The average molecular weight is 332 g/mol. The summed E-state index contributed by atoms with van der Waals surface area (Å²) in [7, 11) is 0.732. The Labute approximate surface area is 132 Å². The highest BCUT2D eigenvalue weighted by Crippen LogP contribution is 2.19. The van der Waals surface area contributed by atoms with Crippen molar-refractivity contribution in [2.24, 2.45) is 0 Å². The molecule has 1 rings (SSSR count). The minimum absolute atomic E-state index is 0.0427. The van der Waals surface area contributed by atoms with Crippen molar-refractivity contribution in [3.63, 3.8) is 0 Å². The van der Waals surface area contributed by atoms with Crippen molar-refractivity contribution >= 4 is 27.5 Å². The Hall–Kier alpha value is -0.760. The lowest BCUT2D eigenvalue weighted by atomic mass is 10.2. The molecule has 0 bridgehead atoms. The summed E-state index contributed by atoms with van der Waals surface area (Å²) in [4.78, 5) is 3.07. The second-order valence-electron chi connectivity index (χ2n) is 5.35. The molecule has 0 aromatic heterocycles. The number of rotatable bonds is 9. The molecule has 5 nitrogen and oxygen atoms in total. The first-order valence-corrected chi connectivity index (χ1v) is 9.55. The van der Waals surface area contributed by atoms with Crippen LogP contribution in [0.1, 0.15) is 13.3 Å². The molecule has 0 radical (unpaired) electrons. The topological polar surface area (TPSA) is 75.4 Å². The lowest BCUT2D eigenvalue weighted by molar-refractivity contribution is 0.379. The van der Waals surface area contributed by atoms with E-state index in [4.69, 9.17) is 5.73 Å². The van der Waals surface area contributed by atoms with Gasteiger partial charge < -0.3 is 10.6 Å². The fourth-order valence-corrected chi connectivity index (χ4v) is 4.33. The van der Waals surface area contributed by atoms with E-state index in [1.165, 1.54) is 11.8 Å².